The molecule has 0 radical (unpaired) electrons. The number of aryl methyl sites for hydroxylation is 4. The molecule has 4 heterocycles. The van der Waals surface area contributed by atoms with Gasteiger partial charge in [-0.15, -0.1) is 10.2 Å². The number of carbonyl (C=O) groups is 1. The van der Waals surface area contributed by atoms with Crippen molar-refractivity contribution in [2.45, 2.75) is 107 Å². The number of carbonyl (C=O) groups excluding carboxylic acids is 1. The molecule has 73 heavy (non-hydrogen) atoms. The lowest BCUT2D eigenvalue weighted by molar-refractivity contribution is 0.0430. The summed E-state index contributed by atoms with van der Waals surface area (Å²) >= 11 is 0. The number of allylic oxidation sites excluding steroid dienone is 1. The Bertz CT molecular complexity index is 3110. The van der Waals surface area contributed by atoms with E-state index in [1.807, 2.05) is 87.7 Å². The number of benzene rings is 5. The van der Waals surface area contributed by atoms with Gasteiger partial charge in [-0.1, -0.05) is 188 Å². The van der Waals surface area contributed by atoms with Crippen molar-refractivity contribution < 1.29 is 27.2 Å². The quantitative estimate of drug-likeness (QED) is 0.0804. The Morgan fingerprint density at radius 2 is 1.18 bits per heavy atom. The third-order valence-electron chi connectivity index (χ3n) is 11.6. The van der Waals surface area contributed by atoms with Gasteiger partial charge in [-0.05, 0) is 78.3 Å². The highest BCUT2D eigenvalue weighted by atomic mass is 16.6. The zero-order valence-corrected chi connectivity index (χ0v) is 43.5. The highest BCUT2D eigenvalue weighted by molar-refractivity contribution is 5.93. The predicted octanol–water partition coefficient (Wildman–Crippen LogP) is 13.2. The van der Waals surface area contributed by atoms with E-state index in [0.29, 0.717) is 53.7 Å². The van der Waals surface area contributed by atoms with E-state index in [4.69, 9.17) is 18.6 Å². The van der Waals surface area contributed by atoms with Crippen LogP contribution in [0.25, 0.3) is 28.1 Å². The molecule has 4 aromatic heterocycles. The number of hydrogen-bond donors (Lipinski definition) is 1. The summed E-state index contributed by atoms with van der Waals surface area (Å²) in [7, 11) is 0. The van der Waals surface area contributed by atoms with Crippen LogP contribution in [0.1, 0.15) is 129 Å². The topological polar surface area (TPSA) is 185 Å². The van der Waals surface area contributed by atoms with E-state index in [0.717, 1.165) is 34.5 Å². The lowest BCUT2D eigenvalue weighted by Crippen LogP contribution is -2.25. The van der Waals surface area contributed by atoms with E-state index in [9.17, 15) is 14.4 Å². The number of nitrogens with zero attached hydrogens (tertiary/aromatic N) is 5. The summed E-state index contributed by atoms with van der Waals surface area (Å²) in [5, 5.41) is 14.4. The van der Waals surface area contributed by atoms with Crippen molar-refractivity contribution in [2.24, 2.45) is 0 Å². The fraction of sp³-hybridized carbons (Fsp3) is 0.271. The fourth-order valence-corrected chi connectivity index (χ4v) is 7.98. The second-order valence-corrected chi connectivity index (χ2v) is 16.3. The zero-order chi connectivity index (χ0) is 52.9. The van der Waals surface area contributed by atoms with Gasteiger partial charge in [0.15, 0.2) is 23.8 Å². The van der Waals surface area contributed by atoms with Crippen LogP contribution < -0.4 is 11.6 Å². The molecular formula is C59H66N6O8. The van der Waals surface area contributed by atoms with Gasteiger partial charge in [0.1, 0.15) is 17.3 Å². The Balaban J connectivity index is 0.000000246. The standard InChI is InChI=1S/C29H28N6O5.C20H18.C6H8O3.2C2H6/c1-5-8-24-30-25(17(2)3)26(28(36)38-16-23-18(4)39-29(37)40-23)35(24)15-19-11-13-20(14-12-19)21-9-6-7-10-22(21)27-31-33-34-32-27;1-20(17-11-5-2-6-12-17,18-13-7-3-8-14-18)19-15-9-4-10-16-19;1-3-5-4(2)8-6(7)9-5;2*1-2/h6-7,9-14H,2,5,8,15-16H2,1,3-4H3,(H,31,32,33,34);2-16H,1H3;3H2,1-2H3;2*1-2H3. The molecule has 14 heteroatoms. The van der Waals surface area contributed by atoms with Gasteiger partial charge in [-0.3, -0.25) is 0 Å². The van der Waals surface area contributed by atoms with Gasteiger partial charge in [0.25, 0.3) is 0 Å². The number of aromatic nitrogens is 6. The van der Waals surface area contributed by atoms with Crippen LogP contribution in [0.2, 0.25) is 0 Å². The molecule has 380 valence electrons. The predicted molar refractivity (Wildman–Crippen MR) is 285 cm³/mol. The number of hydrogen-bond acceptors (Lipinski definition) is 12. The molecule has 0 unspecified atom stereocenters. The van der Waals surface area contributed by atoms with Crippen LogP contribution in [0.4, 0.5) is 0 Å². The van der Waals surface area contributed by atoms with E-state index in [2.05, 4.69) is 141 Å². The van der Waals surface area contributed by atoms with Crippen LogP contribution in [0.3, 0.4) is 0 Å². The third-order valence-corrected chi connectivity index (χ3v) is 11.6. The van der Waals surface area contributed by atoms with Gasteiger partial charge in [0.05, 0.1) is 5.69 Å². The van der Waals surface area contributed by atoms with Crippen LogP contribution in [0.15, 0.2) is 173 Å². The molecule has 0 spiro atoms. The molecule has 9 aromatic rings. The van der Waals surface area contributed by atoms with E-state index in [1.165, 1.54) is 16.7 Å². The first-order valence-electron chi connectivity index (χ1n) is 24.6. The molecule has 5 aromatic carbocycles. The monoisotopic (exact) mass is 986 g/mol. The number of H-pyrrole nitrogens is 1. The number of esters is 1. The van der Waals surface area contributed by atoms with Crippen LogP contribution >= 0.6 is 0 Å². The number of ether oxygens (including phenoxy) is 1. The maximum absolute atomic E-state index is 13.4. The van der Waals surface area contributed by atoms with E-state index >= 15 is 0 Å². The molecule has 0 saturated carbocycles. The Morgan fingerprint density at radius 3 is 1.60 bits per heavy atom. The Hall–Kier alpha value is -8.39. The molecule has 0 saturated heterocycles. The minimum Gasteiger partial charge on any atom is -0.453 e. The van der Waals surface area contributed by atoms with Crippen molar-refractivity contribution in [2.75, 3.05) is 0 Å². The second-order valence-electron chi connectivity index (χ2n) is 16.3. The van der Waals surface area contributed by atoms with Gasteiger partial charge in [-0.25, -0.2) is 19.4 Å². The average Bonchev–Trinajstić information content (AvgIpc) is 4.24. The molecule has 0 bridgehead atoms. The van der Waals surface area contributed by atoms with E-state index < -0.39 is 17.6 Å². The number of tetrazole rings is 1. The summed E-state index contributed by atoms with van der Waals surface area (Å²) in [5.41, 5.74) is 9.04. The maximum Gasteiger partial charge on any atom is 0.519 e. The smallest absolute Gasteiger partial charge is 0.453 e. The van der Waals surface area contributed by atoms with Crippen molar-refractivity contribution in [3.8, 4) is 22.5 Å². The van der Waals surface area contributed by atoms with Crippen LogP contribution in [0.5, 0.6) is 0 Å². The van der Waals surface area contributed by atoms with Crippen LogP contribution in [-0.4, -0.2) is 36.1 Å². The minimum absolute atomic E-state index is 0.121. The number of rotatable bonds is 14. The van der Waals surface area contributed by atoms with Crippen molar-refractivity contribution in [3.05, 3.63) is 230 Å². The van der Waals surface area contributed by atoms with Gasteiger partial charge >= 0.3 is 17.6 Å². The first-order chi connectivity index (χ1) is 35.4. The SMILES string of the molecule is C=C(C)c1nc(CCC)n(Cc2ccc(-c3ccccc3-c3nn[nH]n3)cc2)c1C(=O)OCc1oc(=O)oc1C.CC.CC.CC(c1ccccc1)(c1ccccc1)c1ccccc1.CCc1oc(=O)oc1C. The summed E-state index contributed by atoms with van der Waals surface area (Å²) in [6, 6.07) is 48.0. The Labute approximate surface area is 426 Å². The molecule has 9 rings (SSSR count). The van der Waals surface area contributed by atoms with E-state index in [-0.39, 0.29) is 23.5 Å². The van der Waals surface area contributed by atoms with Gasteiger partial charge < -0.3 is 27.0 Å². The Kier molecular flexibility index (Phi) is 20.8. The first kappa shape index (κ1) is 55.5. The van der Waals surface area contributed by atoms with Crippen molar-refractivity contribution >= 4 is 11.5 Å². The molecule has 1 N–H and O–H groups in total. The number of nitrogens with one attached hydrogen (secondary N) is 1. The molecule has 0 aliphatic carbocycles. The molecule has 0 atom stereocenters. The molecule has 0 amide bonds. The zero-order valence-electron chi connectivity index (χ0n) is 43.5. The van der Waals surface area contributed by atoms with Crippen LogP contribution in [0, 0.1) is 13.8 Å². The lowest BCUT2D eigenvalue weighted by atomic mass is 9.71. The second kappa shape index (κ2) is 27.3. The summed E-state index contributed by atoms with van der Waals surface area (Å²) in [6.07, 6.45) is 2.21. The molecule has 0 fully saturated rings. The van der Waals surface area contributed by atoms with Gasteiger partial charge in [0, 0.05) is 30.4 Å². The molecule has 14 nitrogen and oxygen atoms in total. The van der Waals surface area contributed by atoms with Gasteiger partial charge in [0.2, 0.25) is 5.82 Å². The third kappa shape index (κ3) is 13.9. The number of aromatic amines is 1. The fourth-order valence-electron chi connectivity index (χ4n) is 7.98. The maximum atomic E-state index is 13.4. The summed E-state index contributed by atoms with van der Waals surface area (Å²) in [5.74, 6) is 0.872. The summed E-state index contributed by atoms with van der Waals surface area (Å²) in [4.78, 5) is 39.9. The summed E-state index contributed by atoms with van der Waals surface area (Å²) < 4.78 is 26.5. The highest BCUT2D eigenvalue weighted by Crippen LogP contribution is 2.38. The van der Waals surface area contributed by atoms with Gasteiger partial charge in [-0.2, -0.15) is 5.21 Å². The number of imidazole rings is 1. The largest absolute Gasteiger partial charge is 0.519 e. The van der Waals surface area contributed by atoms with Crippen molar-refractivity contribution in [3.63, 3.8) is 0 Å². The van der Waals surface area contributed by atoms with Crippen molar-refractivity contribution in [1.82, 2.24) is 30.2 Å². The molecular weight excluding hydrogens is 921 g/mol. The van der Waals surface area contributed by atoms with Crippen molar-refractivity contribution in [1.29, 1.82) is 0 Å². The lowest BCUT2D eigenvalue weighted by Gasteiger charge is -2.31. The van der Waals surface area contributed by atoms with Crippen LogP contribution in [-0.2, 0) is 36.1 Å². The Morgan fingerprint density at radius 1 is 0.685 bits per heavy atom. The molecule has 0 aliphatic rings. The van der Waals surface area contributed by atoms with E-state index in [1.54, 1.807) is 20.8 Å². The normalized spacial score (nSPS) is 10.5. The highest BCUT2D eigenvalue weighted by Gasteiger charge is 2.31. The minimum atomic E-state index is -0.843. The first-order valence-corrected chi connectivity index (χ1v) is 24.6. The average molecular weight is 987 g/mol. The summed E-state index contributed by atoms with van der Waals surface area (Å²) in [6.45, 7) is 23.5. The molecule has 0 aliphatic heterocycles.